The molecule has 3 rings (SSSR count). The number of phosphoric acid groups is 1. The monoisotopic (exact) mass is 431 g/mol. The van der Waals surface area contributed by atoms with Crippen LogP contribution in [-0.4, -0.2) is 57.6 Å². The molecule has 0 aliphatic carbocycles. The Balaban J connectivity index is 2.08. The Morgan fingerprint density at radius 2 is 2.17 bits per heavy atom. The number of rotatable bonds is 10. The Morgan fingerprint density at radius 3 is 2.79 bits per heavy atom. The van der Waals surface area contributed by atoms with Gasteiger partial charge in [0.2, 0.25) is 0 Å². The number of phosphoric ester groups is 1. The van der Waals surface area contributed by atoms with Gasteiger partial charge in [-0.2, -0.15) is 5.10 Å². The highest BCUT2D eigenvalue weighted by molar-refractivity contribution is 7.47. The Hall–Kier alpha value is -2.21. The maximum Gasteiger partial charge on any atom is 0.473 e. The zero-order valence-corrected chi connectivity index (χ0v) is 16.1. The summed E-state index contributed by atoms with van der Waals surface area (Å²) in [6, 6.07) is 4.41. The zero-order valence-electron chi connectivity index (χ0n) is 15.2. The first-order valence-corrected chi connectivity index (χ1v) is 10.1. The molecule has 1 aromatic heterocycles. The number of aliphatic hydroxyl groups excluding tert-OH is 1. The highest BCUT2D eigenvalue weighted by atomic mass is 31.2. The van der Waals surface area contributed by atoms with Crippen LogP contribution in [0.3, 0.4) is 0 Å². The lowest BCUT2D eigenvalue weighted by Gasteiger charge is -2.37. The first-order valence-electron chi connectivity index (χ1n) is 8.56. The summed E-state index contributed by atoms with van der Waals surface area (Å²) in [6.45, 7) is -1.14. The van der Waals surface area contributed by atoms with E-state index < -0.39 is 38.3 Å². The molecule has 10 nitrogen and oxygen atoms in total. The molecule has 2 atom stereocenters. The van der Waals surface area contributed by atoms with E-state index >= 15 is 0 Å². The van der Waals surface area contributed by atoms with E-state index in [-0.39, 0.29) is 25.3 Å². The third-order valence-electron chi connectivity index (χ3n) is 4.05. The molecule has 1 aliphatic rings. The summed E-state index contributed by atoms with van der Waals surface area (Å²) in [6.07, 6.45) is 4.45. The zero-order chi connectivity index (χ0) is 20.9. The van der Waals surface area contributed by atoms with Crippen LogP contribution in [0.15, 0.2) is 41.7 Å². The van der Waals surface area contributed by atoms with Crippen LogP contribution in [0.25, 0.3) is 0 Å². The minimum absolute atomic E-state index is 0.182. The first-order chi connectivity index (χ1) is 13.8. The van der Waals surface area contributed by atoms with Gasteiger partial charge in [-0.05, 0) is 12.1 Å². The van der Waals surface area contributed by atoms with Gasteiger partial charge in [-0.25, -0.2) is 18.8 Å². The summed E-state index contributed by atoms with van der Waals surface area (Å²) in [5.41, 5.74) is 0.851. The predicted molar refractivity (Wildman–Crippen MR) is 97.4 cm³/mol. The minimum atomic E-state index is -4.76. The van der Waals surface area contributed by atoms with Gasteiger partial charge >= 0.3 is 7.82 Å². The highest BCUT2D eigenvalue weighted by Crippen LogP contribution is 2.51. The number of nitrogens with zero attached hydrogens (tertiary/aromatic N) is 4. The van der Waals surface area contributed by atoms with E-state index in [1.54, 1.807) is 12.3 Å². The van der Waals surface area contributed by atoms with E-state index in [0.717, 1.165) is 12.1 Å². The lowest BCUT2D eigenvalue weighted by atomic mass is 9.92. The lowest BCUT2D eigenvalue weighted by Crippen LogP contribution is -2.48. The predicted octanol–water partition coefficient (Wildman–Crippen LogP) is 0.989. The maximum atomic E-state index is 14.8. The summed E-state index contributed by atoms with van der Waals surface area (Å²) < 4.78 is 52.5. The molecule has 2 aromatic rings. The van der Waals surface area contributed by atoms with Gasteiger partial charge in [0, 0.05) is 24.0 Å². The second kappa shape index (κ2) is 9.08. The largest absolute Gasteiger partial charge is 0.473 e. The van der Waals surface area contributed by atoms with Crippen LogP contribution in [-0.2, 0) is 25.8 Å². The Bertz CT molecular complexity index is 900. The number of nitrogens with one attached hydrogen (secondary N) is 1. The first kappa shape index (κ1) is 21.5. The molecule has 3 N–H and O–H groups in total. The van der Waals surface area contributed by atoms with E-state index in [1.807, 2.05) is 0 Å². The van der Waals surface area contributed by atoms with Crippen molar-refractivity contribution in [3.63, 3.8) is 0 Å². The standard InChI is InChI=1S/C16H20F2N5O5P/c17-13-2-3-14(15(18)8-13)16(9-22-5-1-4-20-22,10-23-12-19-11-21-23)28-29(25,26)27-7-6-24/h1-5,8,12,21,24H,6-7,9-11H2,(H,25,26). The summed E-state index contributed by atoms with van der Waals surface area (Å²) in [5, 5.41) is 14.4. The number of hydrogen-bond donors (Lipinski definition) is 3. The molecule has 0 radical (unpaired) electrons. The number of hydrogen-bond acceptors (Lipinski definition) is 8. The number of aromatic nitrogens is 2. The fraction of sp³-hybridized carbons (Fsp3) is 0.375. The van der Waals surface area contributed by atoms with Crippen LogP contribution >= 0.6 is 7.82 Å². The third kappa shape index (κ3) is 5.44. The lowest BCUT2D eigenvalue weighted by molar-refractivity contribution is -0.0215. The van der Waals surface area contributed by atoms with E-state index in [0.29, 0.717) is 6.07 Å². The summed E-state index contributed by atoms with van der Waals surface area (Å²) in [4.78, 5) is 14.2. The van der Waals surface area contributed by atoms with Gasteiger partial charge in [0.25, 0.3) is 0 Å². The molecule has 1 aromatic carbocycles. The molecule has 0 spiro atoms. The average Bonchev–Trinajstić information content (AvgIpc) is 3.33. The number of halogens is 2. The van der Waals surface area contributed by atoms with E-state index in [1.165, 1.54) is 22.2 Å². The van der Waals surface area contributed by atoms with Gasteiger partial charge in [-0.3, -0.25) is 23.7 Å². The van der Waals surface area contributed by atoms with E-state index in [4.69, 9.17) is 14.2 Å². The van der Waals surface area contributed by atoms with Crippen LogP contribution in [0.2, 0.25) is 0 Å². The van der Waals surface area contributed by atoms with Crippen LogP contribution in [0.5, 0.6) is 0 Å². The molecule has 2 heterocycles. The molecule has 13 heteroatoms. The summed E-state index contributed by atoms with van der Waals surface area (Å²) in [5.74, 6) is -1.79. The van der Waals surface area contributed by atoms with Gasteiger partial charge in [-0.1, -0.05) is 6.07 Å². The number of aliphatic imine (C=N–C) groups is 1. The Kier molecular flexibility index (Phi) is 6.73. The van der Waals surface area contributed by atoms with Crippen LogP contribution < -0.4 is 5.43 Å². The minimum Gasteiger partial charge on any atom is -0.394 e. The van der Waals surface area contributed by atoms with Gasteiger partial charge in [-0.15, -0.1) is 0 Å². The molecule has 0 bridgehead atoms. The van der Waals surface area contributed by atoms with Gasteiger partial charge in [0.05, 0.1) is 26.3 Å². The molecule has 0 saturated carbocycles. The summed E-state index contributed by atoms with van der Waals surface area (Å²) in [7, 11) is -4.76. The van der Waals surface area contributed by atoms with Crippen molar-refractivity contribution in [2.75, 3.05) is 26.4 Å². The number of aliphatic hydroxyl groups is 1. The molecule has 2 unspecified atom stereocenters. The van der Waals surface area contributed by atoms with Crippen molar-refractivity contribution in [1.29, 1.82) is 0 Å². The maximum absolute atomic E-state index is 14.8. The molecule has 158 valence electrons. The molecule has 1 aliphatic heterocycles. The highest BCUT2D eigenvalue weighted by Gasteiger charge is 2.45. The molecule has 0 saturated heterocycles. The quantitative estimate of drug-likeness (QED) is 0.477. The number of benzene rings is 1. The SMILES string of the molecule is O=P(O)(OCCO)OC(CN1C=NCN1)(Cn1cccn1)c1ccc(F)cc1F. The van der Waals surface area contributed by atoms with Gasteiger partial charge in [0.1, 0.15) is 30.2 Å². The van der Waals surface area contributed by atoms with Crippen molar-refractivity contribution in [3.8, 4) is 0 Å². The average molecular weight is 431 g/mol. The second-order valence-corrected chi connectivity index (χ2v) is 7.56. The van der Waals surface area contributed by atoms with E-state index in [2.05, 4.69) is 15.5 Å². The van der Waals surface area contributed by atoms with Crippen LogP contribution in [0.1, 0.15) is 5.56 Å². The number of hydrazine groups is 1. The molecule has 0 fully saturated rings. The molecule has 29 heavy (non-hydrogen) atoms. The van der Waals surface area contributed by atoms with Crippen molar-refractivity contribution in [3.05, 3.63) is 53.9 Å². The third-order valence-corrected chi connectivity index (χ3v) is 5.14. The summed E-state index contributed by atoms with van der Waals surface area (Å²) >= 11 is 0. The Morgan fingerprint density at radius 1 is 1.34 bits per heavy atom. The smallest absolute Gasteiger partial charge is 0.394 e. The fourth-order valence-electron chi connectivity index (χ4n) is 2.93. The molecular weight excluding hydrogens is 411 g/mol. The van der Waals surface area contributed by atoms with E-state index in [9.17, 15) is 18.2 Å². The van der Waals surface area contributed by atoms with Crippen molar-refractivity contribution in [1.82, 2.24) is 20.2 Å². The molecule has 0 amide bonds. The van der Waals surface area contributed by atoms with Crippen molar-refractivity contribution < 1.29 is 32.4 Å². The van der Waals surface area contributed by atoms with Crippen molar-refractivity contribution >= 4 is 14.2 Å². The Labute approximate surface area is 165 Å². The van der Waals surface area contributed by atoms with Crippen molar-refractivity contribution in [2.24, 2.45) is 4.99 Å². The van der Waals surface area contributed by atoms with Gasteiger partial charge in [0.15, 0.2) is 0 Å². The van der Waals surface area contributed by atoms with Crippen LogP contribution in [0, 0.1) is 11.6 Å². The van der Waals surface area contributed by atoms with Crippen molar-refractivity contribution in [2.45, 2.75) is 12.1 Å². The fourth-order valence-corrected chi connectivity index (χ4v) is 3.95. The van der Waals surface area contributed by atoms with Crippen LogP contribution in [0.4, 0.5) is 8.78 Å². The second-order valence-electron chi connectivity index (χ2n) is 6.18. The molecular formula is C16H20F2N5O5P. The van der Waals surface area contributed by atoms with Gasteiger partial charge < -0.3 is 10.00 Å². The normalized spacial score (nSPS) is 18.0. The topological polar surface area (TPSA) is 121 Å².